The summed E-state index contributed by atoms with van der Waals surface area (Å²) in [7, 11) is -3.84. The van der Waals surface area contributed by atoms with E-state index in [1.165, 1.54) is 9.87 Å². The Hall–Kier alpha value is -2.96. The largest absolute Gasteiger partial charge is 0.325 e. The van der Waals surface area contributed by atoms with Gasteiger partial charge in [-0.15, -0.1) is 0 Å². The van der Waals surface area contributed by atoms with Crippen LogP contribution in [0.3, 0.4) is 0 Å². The standard InChI is InChI=1S/C25H28N2O3S/c1-19(2)22-13-15-23(16-14-22)26-25(28)18-27(17-21-11-9-20(3)10-12-21)31(29,30)24-7-5-4-6-8-24/h4-16,19H,17-18H2,1-3H3,(H,26,28). The van der Waals surface area contributed by atoms with E-state index in [9.17, 15) is 13.2 Å². The number of nitrogens with zero attached hydrogens (tertiary/aromatic N) is 1. The van der Waals surface area contributed by atoms with Crippen LogP contribution >= 0.6 is 0 Å². The maximum Gasteiger partial charge on any atom is 0.243 e. The van der Waals surface area contributed by atoms with Crippen LogP contribution < -0.4 is 5.32 Å². The fourth-order valence-corrected chi connectivity index (χ4v) is 4.58. The Bertz CT molecular complexity index is 1110. The lowest BCUT2D eigenvalue weighted by Gasteiger charge is -2.22. The summed E-state index contributed by atoms with van der Waals surface area (Å²) in [5.74, 6) is 0.00897. The van der Waals surface area contributed by atoms with Gasteiger partial charge >= 0.3 is 0 Å². The van der Waals surface area contributed by atoms with Crippen molar-refractivity contribution in [3.05, 3.63) is 95.6 Å². The average Bonchev–Trinajstić information content (AvgIpc) is 2.75. The molecule has 6 heteroatoms. The van der Waals surface area contributed by atoms with Gasteiger partial charge in [-0.1, -0.05) is 74.0 Å². The summed E-state index contributed by atoms with van der Waals surface area (Å²) >= 11 is 0. The van der Waals surface area contributed by atoms with Crippen molar-refractivity contribution in [1.82, 2.24) is 4.31 Å². The molecule has 1 amide bonds. The highest BCUT2D eigenvalue weighted by Crippen LogP contribution is 2.20. The molecule has 0 unspecified atom stereocenters. The van der Waals surface area contributed by atoms with E-state index >= 15 is 0 Å². The Morgan fingerprint density at radius 1 is 0.903 bits per heavy atom. The van der Waals surface area contributed by atoms with Gasteiger partial charge in [0.2, 0.25) is 15.9 Å². The number of hydrogen-bond donors (Lipinski definition) is 1. The summed E-state index contributed by atoms with van der Waals surface area (Å²) in [4.78, 5) is 12.9. The molecule has 0 bridgehead atoms. The monoisotopic (exact) mass is 436 g/mol. The van der Waals surface area contributed by atoms with Crippen LogP contribution in [0.15, 0.2) is 83.8 Å². The summed E-state index contributed by atoms with van der Waals surface area (Å²) in [5.41, 5.74) is 3.72. The number of sulfonamides is 1. The smallest absolute Gasteiger partial charge is 0.243 e. The quantitative estimate of drug-likeness (QED) is 0.543. The molecule has 3 aromatic carbocycles. The second kappa shape index (κ2) is 9.90. The van der Waals surface area contributed by atoms with E-state index in [1.807, 2.05) is 55.5 Å². The molecule has 0 fully saturated rings. The van der Waals surface area contributed by atoms with E-state index in [4.69, 9.17) is 0 Å². The van der Waals surface area contributed by atoms with Gasteiger partial charge in [0.25, 0.3) is 0 Å². The average molecular weight is 437 g/mol. The molecule has 5 nitrogen and oxygen atoms in total. The first-order chi connectivity index (χ1) is 14.8. The lowest BCUT2D eigenvalue weighted by molar-refractivity contribution is -0.116. The van der Waals surface area contributed by atoms with E-state index in [1.54, 1.807) is 30.3 Å². The molecule has 3 aromatic rings. The predicted octanol–water partition coefficient (Wildman–Crippen LogP) is 4.95. The van der Waals surface area contributed by atoms with Gasteiger partial charge in [0.1, 0.15) is 0 Å². The lowest BCUT2D eigenvalue weighted by atomic mass is 10.0. The number of carbonyl (C=O) groups is 1. The highest BCUT2D eigenvalue weighted by atomic mass is 32.2. The van der Waals surface area contributed by atoms with Crippen molar-refractivity contribution < 1.29 is 13.2 Å². The molecule has 0 saturated heterocycles. The molecule has 0 heterocycles. The fourth-order valence-electron chi connectivity index (χ4n) is 3.18. The van der Waals surface area contributed by atoms with Crippen LogP contribution in [0.2, 0.25) is 0 Å². The molecular formula is C25H28N2O3S. The maximum absolute atomic E-state index is 13.3. The molecule has 0 saturated carbocycles. The molecule has 0 aliphatic carbocycles. The molecule has 162 valence electrons. The van der Waals surface area contributed by atoms with Gasteiger partial charge in [-0.25, -0.2) is 8.42 Å². The summed E-state index contributed by atoms with van der Waals surface area (Å²) in [6.45, 7) is 6.00. The summed E-state index contributed by atoms with van der Waals surface area (Å²) in [6, 6.07) is 23.4. The van der Waals surface area contributed by atoms with Crippen molar-refractivity contribution in [1.29, 1.82) is 0 Å². The van der Waals surface area contributed by atoms with Crippen molar-refractivity contribution in [2.75, 3.05) is 11.9 Å². The van der Waals surface area contributed by atoms with Gasteiger partial charge in [-0.2, -0.15) is 4.31 Å². The van der Waals surface area contributed by atoms with E-state index < -0.39 is 10.0 Å². The molecule has 3 rings (SSSR count). The molecule has 0 aliphatic rings. The van der Waals surface area contributed by atoms with Crippen molar-refractivity contribution in [3.8, 4) is 0 Å². The zero-order valence-electron chi connectivity index (χ0n) is 18.1. The van der Waals surface area contributed by atoms with Gasteiger partial charge in [-0.3, -0.25) is 4.79 Å². The summed E-state index contributed by atoms with van der Waals surface area (Å²) in [5, 5.41) is 2.81. The van der Waals surface area contributed by atoms with Gasteiger partial charge in [0.15, 0.2) is 0 Å². The minimum absolute atomic E-state index is 0.108. The Balaban J connectivity index is 1.81. The Labute approximate surface area is 184 Å². The number of amides is 1. The van der Waals surface area contributed by atoms with Crippen LogP contribution in [0.4, 0.5) is 5.69 Å². The molecule has 0 radical (unpaired) electrons. The van der Waals surface area contributed by atoms with Gasteiger partial charge in [-0.05, 0) is 48.2 Å². The third kappa shape index (κ3) is 6.03. The van der Waals surface area contributed by atoms with E-state index in [0.717, 1.165) is 11.1 Å². The summed E-state index contributed by atoms with van der Waals surface area (Å²) in [6.07, 6.45) is 0. The van der Waals surface area contributed by atoms with Crippen LogP contribution in [0.25, 0.3) is 0 Å². The highest BCUT2D eigenvalue weighted by molar-refractivity contribution is 7.89. The third-order valence-electron chi connectivity index (χ3n) is 5.04. The number of rotatable bonds is 8. The SMILES string of the molecule is Cc1ccc(CN(CC(=O)Nc2ccc(C(C)C)cc2)S(=O)(=O)c2ccccc2)cc1. The lowest BCUT2D eigenvalue weighted by Crippen LogP contribution is -2.37. The van der Waals surface area contributed by atoms with Crippen LogP contribution in [-0.2, 0) is 21.4 Å². The molecular weight excluding hydrogens is 408 g/mol. The maximum atomic E-state index is 13.3. The number of anilines is 1. The highest BCUT2D eigenvalue weighted by Gasteiger charge is 2.26. The van der Waals surface area contributed by atoms with Crippen molar-refractivity contribution >= 4 is 21.6 Å². The van der Waals surface area contributed by atoms with Gasteiger partial charge < -0.3 is 5.32 Å². The molecule has 0 spiro atoms. The number of carbonyl (C=O) groups excluding carboxylic acids is 1. The summed E-state index contributed by atoms with van der Waals surface area (Å²) < 4.78 is 27.7. The second-order valence-electron chi connectivity index (χ2n) is 7.90. The van der Waals surface area contributed by atoms with Crippen molar-refractivity contribution in [2.45, 2.75) is 38.1 Å². The first-order valence-electron chi connectivity index (χ1n) is 10.3. The zero-order valence-corrected chi connectivity index (χ0v) is 18.9. The van der Waals surface area contributed by atoms with Crippen LogP contribution in [0.5, 0.6) is 0 Å². The number of nitrogens with one attached hydrogen (secondary N) is 1. The Morgan fingerprint density at radius 3 is 2.10 bits per heavy atom. The first-order valence-corrected chi connectivity index (χ1v) is 11.7. The zero-order chi connectivity index (χ0) is 22.4. The molecule has 0 aliphatic heterocycles. The molecule has 1 N–H and O–H groups in total. The fraction of sp³-hybridized carbons (Fsp3) is 0.240. The topological polar surface area (TPSA) is 66.5 Å². The second-order valence-corrected chi connectivity index (χ2v) is 9.83. The normalized spacial score (nSPS) is 11.6. The van der Waals surface area contributed by atoms with Gasteiger partial charge in [0.05, 0.1) is 11.4 Å². The van der Waals surface area contributed by atoms with E-state index in [0.29, 0.717) is 11.6 Å². The number of aryl methyl sites for hydroxylation is 1. The van der Waals surface area contributed by atoms with Crippen LogP contribution in [-0.4, -0.2) is 25.2 Å². The molecule has 0 aromatic heterocycles. The molecule has 0 atom stereocenters. The Kier molecular flexibility index (Phi) is 7.25. The van der Waals surface area contributed by atoms with Crippen molar-refractivity contribution in [3.63, 3.8) is 0 Å². The minimum atomic E-state index is -3.84. The minimum Gasteiger partial charge on any atom is -0.325 e. The van der Waals surface area contributed by atoms with E-state index in [-0.39, 0.29) is 23.9 Å². The van der Waals surface area contributed by atoms with Crippen LogP contribution in [0, 0.1) is 6.92 Å². The molecule has 31 heavy (non-hydrogen) atoms. The third-order valence-corrected chi connectivity index (χ3v) is 6.85. The number of hydrogen-bond acceptors (Lipinski definition) is 3. The van der Waals surface area contributed by atoms with Gasteiger partial charge in [0, 0.05) is 12.2 Å². The Morgan fingerprint density at radius 2 is 1.52 bits per heavy atom. The van der Waals surface area contributed by atoms with Crippen LogP contribution in [0.1, 0.15) is 36.5 Å². The van der Waals surface area contributed by atoms with Crippen molar-refractivity contribution in [2.24, 2.45) is 0 Å². The van der Waals surface area contributed by atoms with E-state index in [2.05, 4.69) is 19.2 Å². The predicted molar refractivity (Wildman–Crippen MR) is 124 cm³/mol. The number of benzene rings is 3. The first kappa shape index (κ1) is 22.7.